The zero-order chi connectivity index (χ0) is 18.5. The third-order valence-corrected chi connectivity index (χ3v) is 4.82. The van der Waals surface area contributed by atoms with Gasteiger partial charge in [-0.05, 0) is 18.6 Å². The molecule has 0 atom stereocenters. The van der Waals surface area contributed by atoms with Crippen molar-refractivity contribution in [2.24, 2.45) is 0 Å². The van der Waals surface area contributed by atoms with E-state index >= 15 is 0 Å². The highest BCUT2D eigenvalue weighted by molar-refractivity contribution is 7.92. The number of hydrogen-bond acceptors (Lipinski definition) is 4. The van der Waals surface area contributed by atoms with Crippen LogP contribution in [0.3, 0.4) is 0 Å². The average molecular weight is 408 g/mol. The largest absolute Gasteiger partial charge is 0.481 e. The molecular formula is C13H14Cl2F3NO4S. The van der Waals surface area contributed by atoms with Crippen LogP contribution in [0, 0.1) is 0 Å². The molecule has 0 aliphatic heterocycles. The molecule has 0 spiro atoms. The minimum absolute atomic E-state index is 0.0426. The van der Waals surface area contributed by atoms with Gasteiger partial charge in [-0.15, -0.1) is 0 Å². The Hall–Kier alpha value is -1.19. The first-order chi connectivity index (χ1) is 10.9. The van der Waals surface area contributed by atoms with E-state index in [1.54, 1.807) is 6.92 Å². The van der Waals surface area contributed by atoms with Crippen LogP contribution in [-0.2, 0) is 14.6 Å². The smallest absolute Gasteiger partial charge is 0.422 e. The summed E-state index contributed by atoms with van der Waals surface area (Å²) in [7, 11) is -3.53. The minimum atomic E-state index is -4.56. The van der Waals surface area contributed by atoms with E-state index in [-0.39, 0.29) is 27.2 Å². The van der Waals surface area contributed by atoms with Gasteiger partial charge in [0.1, 0.15) is 5.75 Å². The quantitative estimate of drug-likeness (QED) is 0.747. The van der Waals surface area contributed by atoms with Gasteiger partial charge in [0.05, 0.1) is 15.8 Å². The summed E-state index contributed by atoms with van der Waals surface area (Å²) in [4.78, 5) is 11.7. The van der Waals surface area contributed by atoms with E-state index in [9.17, 15) is 26.4 Å². The molecule has 0 radical (unpaired) electrons. The fourth-order valence-corrected chi connectivity index (χ4v) is 3.54. The molecule has 0 fully saturated rings. The number of carbonyl (C=O) groups excluding carboxylic acids is 1. The van der Waals surface area contributed by atoms with Gasteiger partial charge in [-0.25, -0.2) is 8.42 Å². The molecule has 0 bridgehead atoms. The number of anilines is 1. The van der Waals surface area contributed by atoms with Crippen LogP contribution < -0.4 is 10.1 Å². The van der Waals surface area contributed by atoms with Gasteiger partial charge in [0.15, 0.2) is 22.2 Å². The van der Waals surface area contributed by atoms with Crippen LogP contribution >= 0.6 is 23.2 Å². The molecule has 1 aromatic carbocycles. The van der Waals surface area contributed by atoms with Gasteiger partial charge in [0.2, 0.25) is 5.91 Å². The Labute approximate surface area is 147 Å². The summed E-state index contributed by atoms with van der Waals surface area (Å²) in [6.45, 7) is 0.0854. The molecule has 11 heteroatoms. The normalized spacial score (nSPS) is 12.1. The van der Waals surface area contributed by atoms with Crippen molar-refractivity contribution in [2.75, 3.05) is 23.4 Å². The van der Waals surface area contributed by atoms with Crippen LogP contribution in [0.2, 0.25) is 10.0 Å². The lowest BCUT2D eigenvalue weighted by Gasteiger charge is -2.13. The Morgan fingerprint density at radius 2 is 1.79 bits per heavy atom. The Morgan fingerprint density at radius 3 is 2.25 bits per heavy atom. The third kappa shape index (κ3) is 7.14. The van der Waals surface area contributed by atoms with E-state index < -0.39 is 34.3 Å². The summed E-state index contributed by atoms with van der Waals surface area (Å²) in [5, 5.41) is 1.77. The van der Waals surface area contributed by atoms with Crippen LogP contribution in [0.15, 0.2) is 12.1 Å². The zero-order valence-electron chi connectivity index (χ0n) is 12.4. The van der Waals surface area contributed by atoms with Gasteiger partial charge in [-0.3, -0.25) is 4.79 Å². The molecule has 0 aliphatic rings. The molecule has 0 heterocycles. The molecular weight excluding hydrogens is 394 g/mol. The van der Waals surface area contributed by atoms with Gasteiger partial charge >= 0.3 is 6.18 Å². The molecule has 1 amide bonds. The lowest BCUT2D eigenvalue weighted by atomic mass is 10.3. The number of sulfone groups is 1. The average Bonchev–Trinajstić information content (AvgIpc) is 2.34. The van der Waals surface area contributed by atoms with Crippen LogP contribution in [0.5, 0.6) is 5.75 Å². The van der Waals surface area contributed by atoms with Gasteiger partial charge in [-0.2, -0.15) is 13.2 Å². The number of benzene rings is 1. The van der Waals surface area contributed by atoms with E-state index in [0.717, 1.165) is 12.1 Å². The fourth-order valence-electron chi connectivity index (χ4n) is 1.70. The number of amides is 1. The molecule has 24 heavy (non-hydrogen) atoms. The minimum Gasteiger partial charge on any atom is -0.481 e. The topological polar surface area (TPSA) is 72.5 Å². The van der Waals surface area contributed by atoms with E-state index in [4.69, 9.17) is 23.2 Å². The number of ether oxygens (including phenoxy) is 1. The molecule has 0 saturated carbocycles. The summed E-state index contributed by atoms with van der Waals surface area (Å²) >= 11 is 11.6. The first-order valence-electron chi connectivity index (χ1n) is 6.62. The molecule has 1 N–H and O–H groups in total. The maximum Gasteiger partial charge on any atom is 0.422 e. The zero-order valence-corrected chi connectivity index (χ0v) is 14.7. The van der Waals surface area contributed by atoms with Crippen molar-refractivity contribution in [3.8, 4) is 5.75 Å². The van der Waals surface area contributed by atoms with E-state index in [1.165, 1.54) is 0 Å². The van der Waals surface area contributed by atoms with Gasteiger partial charge in [0.25, 0.3) is 0 Å². The van der Waals surface area contributed by atoms with Crippen LogP contribution in [-0.4, -0.2) is 38.6 Å². The summed E-state index contributed by atoms with van der Waals surface area (Å²) in [5.41, 5.74) is 0.0426. The lowest BCUT2D eigenvalue weighted by molar-refractivity contribution is -0.153. The third-order valence-electron chi connectivity index (χ3n) is 2.53. The SMILES string of the molecule is CCCS(=O)(=O)CC(=O)Nc1cc(Cl)c(OCC(F)(F)F)c(Cl)c1. The first-order valence-corrected chi connectivity index (χ1v) is 9.20. The summed E-state index contributed by atoms with van der Waals surface area (Å²) in [5.74, 6) is -2.04. The van der Waals surface area contributed by atoms with Crippen molar-refractivity contribution in [3.05, 3.63) is 22.2 Å². The highest BCUT2D eigenvalue weighted by Gasteiger charge is 2.29. The van der Waals surface area contributed by atoms with E-state index in [1.807, 2.05) is 0 Å². The Kier molecular flexibility index (Phi) is 7.18. The molecule has 5 nitrogen and oxygen atoms in total. The fraction of sp³-hybridized carbons (Fsp3) is 0.462. The van der Waals surface area contributed by atoms with E-state index in [0.29, 0.717) is 6.42 Å². The second-order valence-electron chi connectivity index (χ2n) is 4.81. The number of halogens is 5. The monoisotopic (exact) mass is 407 g/mol. The molecule has 136 valence electrons. The predicted octanol–water partition coefficient (Wildman–Crippen LogP) is 3.70. The predicted molar refractivity (Wildman–Crippen MR) is 85.6 cm³/mol. The number of alkyl halides is 3. The summed E-state index contributed by atoms with van der Waals surface area (Å²) in [6, 6.07) is 2.23. The summed E-state index contributed by atoms with van der Waals surface area (Å²) < 4.78 is 64.1. The van der Waals surface area contributed by atoms with Gasteiger partial charge in [0, 0.05) is 5.69 Å². The van der Waals surface area contributed by atoms with Crippen molar-refractivity contribution in [3.63, 3.8) is 0 Å². The highest BCUT2D eigenvalue weighted by Crippen LogP contribution is 2.36. The van der Waals surface area contributed by atoms with Crippen molar-refractivity contribution in [2.45, 2.75) is 19.5 Å². The van der Waals surface area contributed by atoms with Crippen molar-refractivity contribution in [1.29, 1.82) is 0 Å². The Morgan fingerprint density at radius 1 is 1.25 bits per heavy atom. The second-order valence-corrected chi connectivity index (χ2v) is 7.81. The highest BCUT2D eigenvalue weighted by atomic mass is 35.5. The maximum atomic E-state index is 12.2. The van der Waals surface area contributed by atoms with Crippen LogP contribution in [0.4, 0.5) is 18.9 Å². The number of hydrogen-bond donors (Lipinski definition) is 1. The second kappa shape index (κ2) is 8.26. The standard InChI is InChI=1S/C13H14Cl2F3NO4S/c1-2-3-24(21,22)6-11(20)19-8-4-9(14)12(10(15)5-8)23-7-13(16,17)18/h4-5H,2-3,6-7H2,1H3,(H,19,20). The molecule has 1 aromatic rings. The van der Waals surface area contributed by atoms with Crippen LogP contribution in [0.25, 0.3) is 0 Å². The van der Waals surface area contributed by atoms with Gasteiger partial charge < -0.3 is 10.1 Å². The van der Waals surface area contributed by atoms with Crippen molar-refractivity contribution < 1.29 is 31.1 Å². The lowest BCUT2D eigenvalue weighted by Crippen LogP contribution is -2.24. The van der Waals surface area contributed by atoms with E-state index in [2.05, 4.69) is 10.1 Å². The Balaban J connectivity index is 2.83. The molecule has 1 rings (SSSR count). The number of carbonyl (C=O) groups is 1. The molecule has 0 aromatic heterocycles. The van der Waals surface area contributed by atoms with Gasteiger partial charge in [-0.1, -0.05) is 30.1 Å². The van der Waals surface area contributed by atoms with Crippen LogP contribution in [0.1, 0.15) is 13.3 Å². The first kappa shape index (κ1) is 20.9. The van der Waals surface area contributed by atoms with Crippen molar-refractivity contribution in [1.82, 2.24) is 0 Å². The maximum absolute atomic E-state index is 12.2. The Bertz CT molecular complexity index is 685. The molecule has 0 aliphatic carbocycles. The summed E-state index contributed by atoms with van der Waals surface area (Å²) in [6.07, 6.45) is -4.19. The number of nitrogens with one attached hydrogen (secondary N) is 1. The number of rotatable bonds is 7. The van der Waals surface area contributed by atoms with Crippen molar-refractivity contribution >= 4 is 44.6 Å². The molecule has 0 unspecified atom stereocenters. The molecule has 0 saturated heterocycles.